The molecule has 0 unspecified atom stereocenters. The average molecular weight is 315 g/mol. The minimum absolute atomic E-state index is 0.0211. The number of ether oxygens (including phenoxy) is 2. The van der Waals surface area contributed by atoms with E-state index in [0.29, 0.717) is 17.0 Å². The molecule has 0 amide bonds. The molecule has 2 N–H and O–H groups in total. The summed E-state index contributed by atoms with van der Waals surface area (Å²) >= 11 is 0. The van der Waals surface area contributed by atoms with Crippen molar-refractivity contribution in [2.75, 3.05) is 14.2 Å². The molecule has 0 saturated carbocycles. The number of aromatic hydroxyl groups is 1. The van der Waals surface area contributed by atoms with Crippen molar-refractivity contribution in [2.45, 2.75) is 0 Å². The van der Waals surface area contributed by atoms with E-state index in [1.54, 1.807) is 12.1 Å². The summed E-state index contributed by atoms with van der Waals surface area (Å²) in [6.07, 6.45) is 0. The highest BCUT2D eigenvalue weighted by Crippen LogP contribution is 2.34. The average Bonchev–Trinajstić information content (AvgIpc) is 2.57. The van der Waals surface area contributed by atoms with Gasteiger partial charge in [-0.3, -0.25) is 4.79 Å². The molecule has 0 radical (unpaired) electrons. The Balaban J connectivity index is 2.37. The molecular weight excluding hydrogens is 301 g/mol. The lowest BCUT2D eigenvalue weighted by atomic mass is 10.1. The van der Waals surface area contributed by atoms with Gasteiger partial charge in [0.15, 0.2) is 17.2 Å². The van der Waals surface area contributed by atoms with Crippen LogP contribution in [-0.4, -0.2) is 24.3 Å². The van der Waals surface area contributed by atoms with E-state index in [9.17, 15) is 14.3 Å². The van der Waals surface area contributed by atoms with Crippen molar-refractivity contribution in [3.05, 3.63) is 52.4 Å². The fourth-order valence-electron chi connectivity index (χ4n) is 2.46. The maximum atomic E-state index is 14.0. The number of fused-ring (bicyclic) bond motifs is 1. The fraction of sp³-hybridized carbons (Fsp3) is 0.118. The first-order valence-corrected chi connectivity index (χ1v) is 6.82. The van der Waals surface area contributed by atoms with Crippen LogP contribution in [0.4, 0.5) is 4.39 Å². The summed E-state index contributed by atoms with van der Waals surface area (Å²) in [5.41, 5.74) is -0.0757. The molecular formula is C17H14FNO4. The van der Waals surface area contributed by atoms with E-state index in [-0.39, 0.29) is 16.6 Å². The van der Waals surface area contributed by atoms with Crippen molar-refractivity contribution < 1.29 is 19.0 Å². The van der Waals surface area contributed by atoms with Gasteiger partial charge in [-0.1, -0.05) is 12.1 Å². The number of rotatable bonds is 3. The summed E-state index contributed by atoms with van der Waals surface area (Å²) in [4.78, 5) is 15.3. The Kier molecular flexibility index (Phi) is 3.65. The summed E-state index contributed by atoms with van der Waals surface area (Å²) in [5, 5.41) is 10.4. The number of aromatic amines is 1. The Bertz CT molecular complexity index is 949. The van der Waals surface area contributed by atoms with Gasteiger partial charge in [-0.2, -0.15) is 0 Å². The topological polar surface area (TPSA) is 71.5 Å². The fourth-order valence-corrected chi connectivity index (χ4v) is 2.46. The first-order valence-electron chi connectivity index (χ1n) is 6.82. The molecule has 0 aliphatic carbocycles. The van der Waals surface area contributed by atoms with Crippen LogP contribution in [0.25, 0.3) is 22.2 Å². The summed E-state index contributed by atoms with van der Waals surface area (Å²) in [5.74, 6) is -0.308. The zero-order valence-electron chi connectivity index (χ0n) is 12.5. The molecule has 5 nitrogen and oxygen atoms in total. The van der Waals surface area contributed by atoms with E-state index in [0.717, 1.165) is 0 Å². The van der Waals surface area contributed by atoms with Gasteiger partial charge in [-0.25, -0.2) is 4.39 Å². The highest BCUT2D eigenvalue weighted by atomic mass is 19.1. The van der Waals surface area contributed by atoms with Crippen molar-refractivity contribution in [3.63, 3.8) is 0 Å². The maximum absolute atomic E-state index is 14.0. The van der Waals surface area contributed by atoms with Crippen LogP contribution in [0.5, 0.6) is 17.2 Å². The van der Waals surface area contributed by atoms with Crippen molar-refractivity contribution >= 4 is 10.9 Å². The van der Waals surface area contributed by atoms with E-state index in [2.05, 4.69) is 4.98 Å². The Hall–Kier alpha value is -3.02. The zero-order valence-corrected chi connectivity index (χ0v) is 12.5. The van der Waals surface area contributed by atoms with E-state index >= 15 is 0 Å². The third-order valence-electron chi connectivity index (χ3n) is 3.62. The number of nitrogens with one attached hydrogen (secondary N) is 1. The van der Waals surface area contributed by atoms with E-state index in [1.807, 2.05) is 0 Å². The first kappa shape index (κ1) is 14.9. The summed E-state index contributed by atoms with van der Waals surface area (Å²) in [6.45, 7) is 0. The summed E-state index contributed by atoms with van der Waals surface area (Å²) in [7, 11) is 2.92. The zero-order chi connectivity index (χ0) is 16.6. The molecule has 118 valence electrons. The summed E-state index contributed by atoms with van der Waals surface area (Å²) in [6, 6.07) is 8.92. The number of benzene rings is 2. The van der Waals surface area contributed by atoms with Gasteiger partial charge in [0.05, 0.1) is 30.8 Å². The molecule has 3 rings (SSSR count). The van der Waals surface area contributed by atoms with E-state index < -0.39 is 17.0 Å². The van der Waals surface area contributed by atoms with E-state index in [1.165, 1.54) is 38.5 Å². The number of halogens is 1. The molecule has 3 aromatic rings. The molecule has 0 fully saturated rings. The minimum atomic E-state index is -0.613. The predicted octanol–water partition coefficient (Wildman–Crippen LogP) is 3.06. The van der Waals surface area contributed by atoms with Crippen LogP contribution in [0, 0.1) is 5.82 Å². The lowest BCUT2D eigenvalue weighted by Crippen LogP contribution is -2.06. The van der Waals surface area contributed by atoms with Crippen molar-refractivity contribution in [2.24, 2.45) is 0 Å². The monoisotopic (exact) mass is 315 g/mol. The van der Waals surface area contributed by atoms with Crippen molar-refractivity contribution in [3.8, 4) is 28.5 Å². The standard InChI is InChI=1S/C17H14FNO4/c1-22-13-7-10-12(8-14(13)23-2)19-15(17(21)16(10)20)9-5-3-4-6-11(9)18/h3-8,21H,1-2H3,(H,19,20). The largest absolute Gasteiger partial charge is 0.503 e. The van der Waals surface area contributed by atoms with Crippen LogP contribution in [0.1, 0.15) is 0 Å². The maximum Gasteiger partial charge on any atom is 0.231 e. The number of aromatic nitrogens is 1. The third kappa shape index (κ3) is 2.38. The molecule has 2 aromatic carbocycles. The van der Waals surface area contributed by atoms with Gasteiger partial charge in [-0.15, -0.1) is 0 Å². The van der Waals surface area contributed by atoms with Crippen LogP contribution in [-0.2, 0) is 0 Å². The van der Waals surface area contributed by atoms with Gasteiger partial charge in [0.25, 0.3) is 0 Å². The smallest absolute Gasteiger partial charge is 0.231 e. The number of hydrogen-bond acceptors (Lipinski definition) is 4. The second-order valence-electron chi connectivity index (χ2n) is 4.91. The molecule has 0 bridgehead atoms. The molecule has 1 heterocycles. The second-order valence-corrected chi connectivity index (χ2v) is 4.91. The van der Waals surface area contributed by atoms with Crippen LogP contribution >= 0.6 is 0 Å². The van der Waals surface area contributed by atoms with Gasteiger partial charge in [-0.05, 0) is 18.2 Å². The Labute approximate surface area is 130 Å². The quantitative estimate of drug-likeness (QED) is 0.779. The van der Waals surface area contributed by atoms with Gasteiger partial charge in [0.2, 0.25) is 5.43 Å². The van der Waals surface area contributed by atoms with Gasteiger partial charge in [0, 0.05) is 11.6 Å². The number of methoxy groups -OCH3 is 2. The summed E-state index contributed by atoms with van der Waals surface area (Å²) < 4.78 is 24.3. The highest BCUT2D eigenvalue weighted by molar-refractivity contribution is 5.87. The Morgan fingerprint density at radius 2 is 1.74 bits per heavy atom. The third-order valence-corrected chi connectivity index (χ3v) is 3.62. The lowest BCUT2D eigenvalue weighted by molar-refractivity contribution is 0.355. The Morgan fingerprint density at radius 1 is 1.09 bits per heavy atom. The van der Waals surface area contributed by atoms with Crippen LogP contribution in [0.15, 0.2) is 41.2 Å². The van der Waals surface area contributed by atoms with Crippen molar-refractivity contribution in [1.82, 2.24) is 4.98 Å². The van der Waals surface area contributed by atoms with Crippen LogP contribution < -0.4 is 14.9 Å². The molecule has 0 aliphatic heterocycles. The van der Waals surface area contributed by atoms with E-state index in [4.69, 9.17) is 9.47 Å². The molecule has 6 heteroatoms. The molecule has 0 aliphatic rings. The highest BCUT2D eigenvalue weighted by Gasteiger charge is 2.17. The Morgan fingerprint density at radius 3 is 2.39 bits per heavy atom. The molecule has 1 aromatic heterocycles. The predicted molar refractivity (Wildman–Crippen MR) is 84.7 cm³/mol. The molecule has 0 saturated heterocycles. The molecule has 23 heavy (non-hydrogen) atoms. The van der Waals surface area contributed by atoms with Crippen LogP contribution in [0.3, 0.4) is 0 Å². The van der Waals surface area contributed by atoms with Crippen LogP contribution in [0.2, 0.25) is 0 Å². The van der Waals surface area contributed by atoms with Crippen molar-refractivity contribution in [1.29, 1.82) is 0 Å². The van der Waals surface area contributed by atoms with Gasteiger partial charge >= 0.3 is 0 Å². The lowest BCUT2D eigenvalue weighted by Gasteiger charge is -2.12. The SMILES string of the molecule is COc1cc2[nH]c(-c3ccccc3F)c(O)c(=O)c2cc1OC. The molecule has 0 spiro atoms. The molecule has 0 atom stereocenters. The minimum Gasteiger partial charge on any atom is -0.503 e. The normalized spacial score (nSPS) is 10.7. The van der Waals surface area contributed by atoms with Gasteiger partial charge in [0.1, 0.15) is 5.82 Å². The first-order chi connectivity index (χ1) is 11.1. The second kappa shape index (κ2) is 5.64. The van der Waals surface area contributed by atoms with Gasteiger partial charge < -0.3 is 19.6 Å². The number of pyridine rings is 1. The number of hydrogen-bond donors (Lipinski definition) is 2. The number of H-pyrrole nitrogens is 1.